The van der Waals surface area contributed by atoms with Crippen molar-refractivity contribution in [2.24, 2.45) is 5.10 Å². The van der Waals surface area contributed by atoms with Gasteiger partial charge in [0.2, 0.25) is 5.16 Å². The van der Waals surface area contributed by atoms with Crippen molar-refractivity contribution >= 4 is 34.9 Å². The van der Waals surface area contributed by atoms with Gasteiger partial charge < -0.3 is 5.73 Å². The van der Waals surface area contributed by atoms with E-state index in [1.807, 2.05) is 40.7 Å². The summed E-state index contributed by atoms with van der Waals surface area (Å²) in [6.45, 7) is 2.18. The van der Waals surface area contributed by atoms with Crippen LogP contribution in [0.1, 0.15) is 24.7 Å². The maximum absolute atomic E-state index is 5.74. The molecule has 0 radical (unpaired) electrons. The standard InChI is InChI=1S/C14H17N5S2/c1-2-7-20-9-13-16-17-14-19(13)18-12(8-21-14)10-3-5-11(15)6-4-10/h3-6H,2,7-9,15H2,1H3. The number of fused-ring (bicyclic) bond motifs is 1. The van der Waals surface area contributed by atoms with Crippen LogP contribution in [0.4, 0.5) is 5.69 Å². The molecule has 0 saturated heterocycles. The zero-order chi connectivity index (χ0) is 14.7. The van der Waals surface area contributed by atoms with Gasteiger partial charge >= 0.3 is 0 Å². The predicted molar refractivity (Wildman–Crippen MR) is 90.0 cm³/mol. The molecule has 0 spiro atoms. The minimum atomic E-state index is 0.768. The van der Waals surface area contributed by atoms with Gasteiger partial charge in [-0.3, -0.25) is 0 Å². The molecule has 2 aromatic rings. The van der Waals surface area contributed by atoms with Crippen molar-refractivity contribution in [2.45, 2.75) is 24.3 Å². The summed E-state index contributed by atoms with van der Waals surface area (Å²) in [4.78, 5) is 0. The molecule has 7 heteroatoms. The van der Waals surface area contributed by atoms with E-state index in [0.717, 1.165) is 45.2 Å². The van der Waals surface area contributed by atoms with Crippen molar-refractivity contribution in [3.63, 3.8) is 0 Å². The van der Waals surface area contributed by atoms with Gasteiger partial charge in [-0.15, -0.1) is 10.2 Å². The monoisotopic (exact) mass is 319 g/mol. The Balaban J connectivity index is 1.85. The maximum atomic E-state index is 5.74. The van der Waals surface area contributed by atoms with Crippen LogP contribution in [0.25, 0.3) is 0 Å². The van der Waals surface area contributed by atoms with Gasteiger partial charge in [-0.2, -0.15) is 21.5 Å². The largest absolute Gasteiger partial charge is 0.399 e. The zero-order valence-corrected chi connectivity index (χ0v) is 13.5. The molecule has 21 heavy (non-hydrogen) atoms. The van der Waals surface area contributed by atoms with Crippen molar-refractivity contribution in [3.8, 4) is 0 Å². The summed E-state index contributed by atoms with van der Waals surface area (Å²) >= 11 is 3.54. The number of anilines is 1. The van der Waals surface area contributed by atoms with E-state index in [4.69, 9.17) is 10.8 Å². The zero-order valence-electron chi connectivity index (χ0n) is 11.8. The second-order valence-electron chi connectivity index (χ2n) is 4.72. The summed E-state index contributed by atoms with van der Waals surface area (Å²) in [6.07, 6.45) is 1.17. The summed E-state index contributed by atoms with van der Waals surface area (Å²) < 4.78 is 1.88. The Hall–Kier alpha value is -1.47. The fourth-order valence-electron chi connectivity index (χ4n) is 1.98. The first-order valence-corrected chi connectivity index (χ1v) is 9.00. The van der Waals surface area contributed by atoms with Crippen LogP contribution in [0.2, 0.25) is 0 Å². The third-order valence-electron chi connectivity index (χ3n) is 3.06. The van der Waals surface area contributed by atoms with Crippen LogP contribution in [0.15, 0.2) is 34.5 Å². The first-order valence-electron chi connectivity index (χ1n) is 6.86. The van der Waals surface area contributed by atoms with Gasteiger partial charge in [-0.25, -0.2) is 0 Å². The molecule has 1 aromatic heterocycles. The lowest BCUT2D eigenvalue weighted by molar-refractivity contribution is 0.731. The van der Waals surface area contributed by atoms with Crippen molar-refractivity contribution < 1.29 is 0 Å². The molecule has 0 saturated carbocycles. The van der Waals surface area contributed by atoms with Crippen LogP contribution >= 0.6 is 23.5 Å². The number of nitrogens with two attached hydrogens (primary N) is 1. The summed E-state index contributed by atoms with van der Waals surface area (Å²) in [5.74, 6) is 3.71. The fourth-order valence-corrected chi connectivity index (χ4v) is 3.64. The number of benzene rings is 1. The van der Waals surface area contributed by atoms with Crippen LogP contribution in [-0.2, 0) is 5.75 Å². The molecule has 0 amide bonds. The summed E-state index contributed by atoms with van der Waals surface area (Å²) in [6, 6.07) is 7.83. The molecule has 0 unspecified atom stereocenters. The maximum Gasteiger partial charge on any atom is 0.212 e. The van der Waals surface area contributed by atoms with E-state index in [-0.39, 0.29) is 0 Å². The van der Waals surface area contributed by atoms with Crippen LogP contribution in [0, 0.1) is 0 Å². The van der Waals surface area contributed by atoms with Crippen LogP contribution in [0.3, 0.4) is 0 Å². The number of thioether (sulfide) groups is 2. The first kappa shape index (κ1) is 14.5. The summed E-state index contributed by atoms with van der Waals surface area (Å²) in [5.41, 5.74) is 8.64. The molecule has 0 bridgehead atoms. The number of rotatable bonds is 5. The van der Waals surface area contributed by atoms with Gasteiger partial charge in [-0.05, 0) is 29.9 Å². The number of hydrogen-bond acceptors (Lipinski definition) is 6. The van der Waals surface area contributed by atoms with Crippen LogP contribution in [-0.4, -0.2) is 32.1 Å². The Morgan fingerprint density at radius 1 is 1.29 bits per heavy atom. The molecule has 0 fully saturated rings. The highest BCUT2D eigenvalue weighted by atomic mass is 32.2. The lowest BCUT2D eigenvalue weighted by Crippen LogP contribution is -2.14. The number of nitrogens with zero attached hydrogens (tertiary/aromatic N) is 4. The van der Waals surface area contributed by atoms with Crippen molar-refractivity contribution in [1.82, 2.24) is 14.9 Å². The Kier molecular flexibility index (Phi) is 4.50. The molecule has 2 heterocycles. The average Bonchev–Trinajstić information content (AvgIpc) is 2.91. The van der Waals surface area contributed by atoms with Gasteiger partial charge in [-0.1, -0.05) is 30.8 Å². The van der Waals surface area contributed by atoms with Gasteiger partial charge in [0.1, 0.15) is 0 Å². The molecule has 5 nitrogen and oxygen atoms in total. The normalized spacial score (nSPS) is 13.9. The Morgan fingerprint density at radius 3 is 2.86 bits per heavy atom. The summed E-state index contributed by atoms with van der Waals surface area (Å²) in [5, 5.41) is 14.1. The van der Waals surface area contributed by atoms with Gasteiger partial charge in [0.25, 0.3) is 0 Å². The SMILES string of the molecule is CCCSCc1nnc2n1N=C(c1ccc(N)cc1)CS2. The smallest absolute Gasteiger partial charge is 0.212 e. The quantitative estimate of drug-likeness (QED) is 0.678. The predicted octanol–water partition coefficient (Wildman–Crippen LogP) is 2.86. The fraction of sp³-hybridized carbons (Fsp3) is 0.357. The highest BCUT2D eigenvalue weighted by molar-refractivity contribution is 8.00. The minimum Gasteiger partial charge on any atom is -0.399 e. The van der Waals surface area contributed by atoms with Crippen LogP contribution < -0.4 is 5.73 Å². The molecule has 2 N–H and O–H groups in total. The number of nitrogen functional groups attached to an aromatic ring is 1. The number of hydrogen-bond donors (Lipinski definition) is 1. The Bertz CT molecular complexity index is 648. The van der Waals surface area contributed by atoms with E-state index in [1.165, 1.54) is 6.42 Å². The van der Waals surface area contributed by atoms with E-state index in [2.05, 4.69) is 17.1 Å². The van der Waals surface area contributed by atoms with Crippen LogP contribution in [0.5, 0.6) is 0 Å². The number of aromatic nitrogens is 3. The minimum absolute atomic E-state index is 0.768. The van der Waals surface area contributed by atoms with E-state index >= 15 is 0 Å². The third kappa shape index (κ3) is 3.24. The van der Waals surface area contributed by atoms with Crippen molar-refractivity contribution in [2.75, 3.05) is 17.2 Å². The van der Waals surface area contributed by atoms with E-state index < -0.39 is 0 Å². The van der Waals surface area contributed by atoms with Gasteiger partial charge in [0.15, 0.2) is 5.82 Å². The summed E-state index contributed by atoms with van der Waals surface area (Å²) in [7, 11) is 0. The average molecular weight is 319 g/mol. The van der Waals surface area contributed by atoms with Crippen molar-refractivity contribution in [1.29, 1.82) is 0 Å². The molecule has 3 rings (SSSR count). The topological polar surface area (TPSA) is 69.1 Å². The van der Waals surface area contributed by atoms with E-state index in [9.17, 15) is 0 Å². The second kappa shape index (κ2) is 6.53. The molecular weight excluding hydrogens is 302 g/mol. The van der Waals surface area contributed by atoms with Crippen molar-refractivity contribution in [3.05, 3.63) is 35.7 Å². The highest BCUT2D eigenvalue weighted by Crippen LogP contribution is 2.25. The molecule has 0 aliphatic carbocycles. The van der Waals surface area contributed by atoms with E-state index in [1.54, 1.807) is 11.8 Å². The van der Waals surface area contributed by atoms with Gasteiger partial charge in [0.05, 0.1) is 11.5 Å². The Labute approximate surface area is 132 Å². The first-order chi connectivity index (χ1) is 10.3. The molecular formula is C14H17N5S2. The molecule has 0 atom stereocenters. The van der Waals surface area contributed by atoms with E-state index in [0.29, 0.717) is 0 Å². The molecule has 1 aromatic carbocycles. The molecule has 1 aliphatic heterocycles. The Morgan fingerprint density at radius 2 is 2.10 bits per heavy atom. The lowest BCUT2D eigenvalue weighted by Gasteiger charge is -2.13. The second-order valence-corrected chi connectivity index (χ2v) is 6.77. The molecule has 110 valence electrons. The molecule has 1 aliphatic rings. The lowest BCUT2D eigenvalue weighted by atomic mass is 10.1. The van der Waals surface area contributed by atoms with Gasteiger partial charge in [0, 0.05) is 11.4 Å². The highest BCUT2D eigenvalue weighted by Gasteiger charge is 2.19. The third-order valence-corrected chi connectivity index (χ3v) is 5.15.